The zero-order valence-electron chi connectivity index (χ0n) is 8.89. The van der Waals surface area contributed by atoms with Crippen LogP contribution in [0.3, 0.4) is 0 Å². The van der Waals surface area contributed by atoms with Crippen LogP contribution in [-0.4, -0.2) is 35.8 Å². The van der Waals surface area contributed by atoms with Crippen LogP contribution in [0.1, 0.15) is 11.7 Å². The van der Waals surface area contributed by atoms with Gasteiger partial charge < -0.3 is 9.30 Å². The molecule has 1 fully saturated rings. The zero-order chi connectivity index (χ0) is 10.7. The molecule has 80 valence electrons. The Morgan fingerprint density at radius 1 is 1.47 bits per heavy atom. The molecular formula is C11H15N3O. The fraction of sp³-hybridized carbons (Fsp3) is 0.545. The van der Waals surface area contributed by atoms with Gasteiger partial charge in [-0.2, -0.15) is 5.26 Å². The van der Waals surface area contributed by atoms with Gasteiger partial charge in [0, 0.05) is 32.0 Å². The molecule has 1 atom stereocenters. The molecule has 0 aliphatic carbocycles. The van der Waals surface area contributed by atoms with E-state index < -0.39 is 0 Å². The van der Waals surface area contributed by atoms with Crippen molar-refractivity contribution in [2.24, 2.45) is 7.05 Å². The number of hydrogen-bond acceptors (Lipinski definition) is 3. The number of nitrogens with zero attached hydrogens (tertiary/aromatic N) is 3. The highest BCUT2D eigenvalue weighted by Crippen LogP contribution is 2.20. The van der Waals surface area contributed by atoms with E-state index in [-0.39, 0.29) is 6.04 Å². The number of rotatable bonds is 2. The number of aromatic nitrogens is 1. The summed E-state index contributed by atoms with van der Waals surface area (Å²) < 4.78 is 7.29. The molecule has 1 aliphatic heterocycles. The molecule has 0 aromatic carbocycles. The SMILES string of the molecule is Cn1cccc1C(C#N)N1CCOCC1. The highest BCUT2D eigenvalue weighted by Gasteiger charge is 2.23. The van der Waals surface area contributed by atoms with Crippen molar-refractivity contribution >= 4 is 0 Å². The van der Waals surface area contributed by atoms with E-state index in [0.29, 0.717) is 0 Å². The van der Waals surface area contributed by atoms with Crippen LogP contribution in [-0.2, 0) is 11.8 Å². The normalized spacial score (nSPS) is 19.7. The summed E-state index contributed by atoms with van der Waals surface area (Å²) >= 11 is 0. The molecule has 1 saturated heterocycles. The second kappa shape index (κ2) is 4.47. The fourth-order valence-corrected chi connectivity index (χ4v) is 1.93. The highest BCUT2D eigenvalue weighted by atomic mass is 16.5. The van der Waals surface area contributed by atoms with Crippen molar-refractivity contribution in [3.63, 3.8) is 0 Å². The first kappa shape index (κ1) is 10.2. The molecule has 0 radical (unpaired) electrons. The second-order valence-electron chi connectivity index (χ2n) is 3.72. The largest absolute Gasteiger partial charge is 0.379 e. The summed E-state index contributed by atoms with van der Waals surface area (Å²) in [6, 6.07) is 6.20. The number of hydrogen-bond donors (Lipinski definition) is 0. The van der Waals surface area contributed by atoms with Gasteiger partial charge in [0.25, 0.3) is 0 Å². The molecule has 0 saturated carbocycles. The summed E-state index contributed by atoms with van der Waals surface area (Å²) in [5.74, 6) is 0. The quantitative estimate of drug-likeness (QED) is 0.721. The van der Waals surface area contributed by atoms with Crippen molar-refractivity contribution in [2.45, 2.75) is 6.04 Å². The lowest BCUT2D eigenvalue weighted by atomic mass is 10.2. The van der Waals surface area contributed by atoms with Crippen molar-refractivity contribution in [2.75, 3.05) is 26.3 Å². The minimum atomic E-state index is -0.145. The molecule has 4 heteroatoms. The van der Waals surface area contributed by atoms with Crippen LogP contribution >= 0.6 is 0 Å². The summed E-state index contributed by atoms with van der Waals surface area (Å²) in [5.41, 5.74) is 1.06. The van der Waals surface area contributed by atoms with Crippen LogP contribution in [0, 0.1) is 11.3 Å². The van der Waals surface area contributed by atoms with E-state index in [1.807, 2.05) is 29.9 Å². The van der Waals surface area contributed by atoms with Crippen LogP contribution in [0.4, 0.5) is 0 Å². The van der Waals surface area contributed by atoms with Gasteiger partial charge >= 0.3 is 0 Å². The third-order valence-corrected chi connectivity index (χ3v) is 2.80. The molecule has 15 heavy (non-hydrogen) atoms. The Hall–Kier alpha value is -1.31. The summed E-state index contributed by atoms with van der Waals surface area (Å²) in [4.78, 5) is 2.17. The first-order valence-corrected chi connectivity index (χ1v) is 5.15. The Bertz CT molecular complexity index is 360. The molecule has 1 aromatic heterocycles. The standard InChI is InChI=1S/C11H15N3O/c1-13-4-2-3-10(13)11(9-12)14-5-7-15-8-6-14/h2-4,11H,5-8H2,1H3. The van der Waals surface area contributed by atoms with Crippen LogP contribution in [0.2, 0.25) is 0 Å². The first-order chi connectivity index (χ1) is 7.33. The molecule has 2 heterocycles. The Morgan fingerprint density at radius 2 is 2.20 bits per heavy atom. The van der Waals surface area contributed by atoms with Crippen molar-refractivity contribution in [3.05, 3.63) is 24.0 Å². The second-order valence-corrected chi connectivity index (χ2v) is 3.72. The van der Waals surface area contributed by atoms with Gasteiger partial charge in [0.2, 0.25) is 0 Å². The van der Waals surface area contributed by atoms with E-state index in [2.05, 4.69) is 11.0 Å². The van der Waals surface area contributed by atoms with E-state index in [1.165, 1.54) is 0 Å². The topological polar surface area (TPSA) is 41.2 Å². The number of ether oxygens (including phenoxy) is 1. The molecular weight excluding hydrogens is 190 g/mol. The first-order valence-electron chi connectivity index (χ1n) is 5.15. The molecule has 1 unspecified atom stereocenters. The van der Waals surface area contributed by atoms with Gasteiger partial charge in [-0.05, 0) is 12.1 Å². The molecule has 0 bridgehead atoms. The minimum absolute atomic E-state index is 0.145. The number of nitriles is 1. The van der Waals surface area contributed by atoms with Gasteiger partial charge in [-0.25, -0.2) is 0 Å². The lowest BCUT2D eigenvalue weighted by Gasteiger charge is -2.30. The summed E-state index contributed by atoms with van der Waals surface area (Å²) in [6.45, 7) is 3.12. The Balaban J connectivity index is 2.17. The van der Waals surface area contributed by atoms with Gasteiger partial charge in [-0.1, -0.05) is 0 Å². The Labute approximate surface area is 89.7 Å². The molecule has 0 spiro atoms. The highest BCUT2D eigenvalue weighted by molar-refractivity contribution is 5.18. The van der Waals surface area contributed by atoms with Crippen LogP contribution in [0.15, 0.2) is 18.3 Å². The zero-order valence-corrected chi connectivity index (χ0v) is 8.89. The monoisotopic (exact) mass is 205 g/mol. The molecule has 0 amide bonds. The van der Waals surface area contributed by atoms with Gasteiger partial charge in [0.05, 0.1) is 19.3 Å². The maximum atomic E-state index is 9.23. The van der Waals surface area contributed by atoms with Crippen molar-refractivity contribution in [3.8, 4) is 6.07 Å². The average molecular weight is 205 g/mol. The summed E-state index contributed by atoms with van der Waals surface area (Å²) in [7, 11) is 1.97. The number of morpholine rings is 1. The van der Waals surface area contributed by atoms with E-state index in [9.17, 15) is 5.26 Å². The Morgan fingerprint density at radius 3 is 2.73 bits per heavy atom. The maximum absolute atomic E-state index is 9.23. The van der Waals surface area contributed by atoms with Crippen LogP contribution in [0.5, 0.6) is 0 Å². The Kier molecular flexibility index (Phi) is 3.05. The van der Waals surface area contributed by atoms with Gasteiger partial charge in [0.1, 0.15) is 6.04 Å². The lowest BCUT2D eigenvalue weighted by Crippen LogP contribution is -2.39. The van der Waals surface area contributed by atoms with E-state index in [4.69, 9.17) is 4.74 Å². The molecule has 1 aliphatic rings. The van der Waals surface area contributed by atoms with Crippen molar-refractivity contribution in [1.29, 1.82) is 5.26 Å². The summed E-state index contributed by atoms with van der Waals surface area (Å²) in [5, 5.41) is 9.23. The maximum Gasteiger partial charge on any atom is 0.139 e. The molecule has 0 N–H and O–H groups in total. The fourth-order valence-electron chi connectivity index (χ4n) is 1.93. The van der Waals surface area contributed by atoms with Crippen molar-refractivity contribution < 1.29 is 4.74 Å². The van der Waals surface area contributed by atoms with Gasteiger partial charge in [-0.3, -0.25) is 4.90 Å². The predicted molar refractivity (Wildman–Crippen MR) is 56.2 cm³/mol. The third kappa shape index (κ3) is 2.04. The smallest absolute Gasteiger partial charge is 0.139 e. The molecule has 2 rings (SSSR count). The van der Waals surface area contributed by atoms with Gasteiger partial charge in [0.15, 0.2) is 0 Å². The van der Waals surface area contributed by atoms with Gasteiger partial charge in [-0.15, -0.1) is 0 Å². The number of aryl methyl sites for hydroxylation is 1. The van der Waals surface area contributed by atoms with E-state index in [0.717, 1.165) is 32.0 Å². The lowest BCUT2D eigenvalue weighted by molar-refractivity contribution is 0.0255. The summed E-state index contributed by atoms with van der Waals surface area (Å²) in [6.07, 6.45) is 1.97. The van der Waals surface area contributed by atoms with Crippen LogP contribution in [0.25, 0.3) is 0 Å². The minimum Gasteiger partial charge on any atom is -0.379 e. The van der Waals surface area contributed by atoms with E-state index in [1.54, 1.807) is 0 Å². The van der Waals surface area contributed by atoms with E-state index >= 15 is 0 Å². The third-order valence-electron chi connectivity index (χ3n) is 2.80. The predicted octanol–water partition coefficient (Wildman–Crippen LogP) is 0.922. The van der Waals surface area contributed by atoms with Crippen molar-refractivity contribution in [1.82, 2.24) is 9.47 Å². The molecule has 4 nitrogen and oxygen atoms in total. The van der Waals surface area contributed by atoms with Crippen LogP contribution < -0.4 is 0 Å². The molecule has 1 aromatic rings. The average Bonchev–Trinajstić information content (AvgIpc) is 2.68.